The van der Waals surface area contributed by atoms with Crippen molar-refractivity contribution in [3.05, 3.63) is 71.4 Å². The van der Waals surface area contributed by atoms with Crippen LogP contribution in [0.2, 0.25) is 0 Å². The molecule has 61 heavy (non-hydrogen) atoms. The molecule has 322 valence electrons. The van der Waals surface area contributed by atoms with E-state index in [1.807, 2.05) is 19.9 Å². The zero-order valence-electron chi connectivity index (χ0n) is 34.3. The maximum atomic E-state index is 14.0. The Hall–Kier alpha value is -5.64. The third-order valence-corrected chi connectivity index (χ3v) is 12.3. The molecule has 14 nitrogen and oxygen atoms in total. The average molecular weight is 860 g/mol. The molecule has 3 saturated heterocycles. The lowest BCUT2D eigenvalue weighted by molar-refractivity contribution is -0.138. The second-order valence-electron chi connectivity index (χ2n) is 16.5. The first-order chi connectivity index (χ1) is 29.0. The van der Waals surface area contributed by atoms with Gasteiger partial charge in [-0.3, -0.25) is 39.2 Å². The van der Waals surface area contributed by atoms with E-state index < -0.39 is 34.8 Å². The number of carbonyl (C=O) groups excluding carboxylic acids is 4. The van der Waals surface area contributed by atoms with E-state index in [4.69, 9.17) is 17.0 Å². The van der Waals surface area contributed by atoms with Gasteiger partial charge in [-0.05, 0) is 100 Å². The van der Waals surface area contributed by atoms with Crippen LogP contribution in [0.3, 0.4) is 0 Å². The number of hydrogen-bond acceptors (Lipinski definition) is 11. The molecule has 4 heterocycles. The number of hydrogen-bond donors (Lipinski definition) is 3. The zero-order valence-corrected chi connectivity index (χ0v) is 35.2. The third kappa shape index (κ3) is 8.91. The van der Waals surface area contributed by atoms with Crippen LogP contribution < -0.4 is 30.5 Å². The first-order valence-electron chi connectivity index (χ1n) is 20.4. The Bertz CT molecular complexity index is 2270. The molecule has 1 aliphatic carbocycles. The minimum Gasteiger partial charge on any atom is -0.476 e. The van der Waals surface area contributed by atoms with E-state index in [2.05, 4.69) is 44.6 Å². The molecule has 2 aromatic carbocycles. The number of thiocarbonyl (C=S) groups is 1. The second-order valence-corrected chi connectivity index (χ2v) is 16.8. The van der Waals surface area contributed by atoms with Crippen LogP contribution in [0.15, 0.2) is 54.7 Å². The predicted molar refractivity (Wildman–Crippen MR) is 226 cm³/mol. The van der Waals surface area contributed by atoms with Crippen LogP contribution in [0.5, 0.6) is 5.88 Å². The number of nitriles is 1. The van der Waals surface area contributed by atoms with Crippen LogP contribution in [-0.4, -0.2) is 100.0 Å². The molecule has 3 N–H and O–H groups in total. The van der Waals surface area contributed by atoms with Crippen molar-refractivity contribution in [1.29, 1.82) is 5.26 Å². The Morgan fingerprint density at radius 3 is 2.43 bits per heavy atom. The van der Waals surface area contributed by atoms with Crippen molar-refractivity contribution in [1.82, 2.24) is 20.1 Å². The molecule has 4 aliphatic rings. The molecule has 4 amide bonds. The third-order valence-electron chi connectivity index (χ3n) is 11.9. The van der Waals surface area contributed by atoms with Gasteiger partial charge in [0.15, 0.2) is 5.11 Å². The summed E-state index contributed by atoms with van der Waals surface area (Å²) in [6.45, 7) is 10.7. The van der Waals surface area contributed by atoms with Crippen molar-refractivity contribution in [2.75, 3.05) is 53.2 Å². The minimum atomic E-state index is -4.80. The van der Waals surface area contributed by atoms with Crippen molar-refractivity contribution >= 4 is 63.7 Å². The highest BCUT2D eigenvalue weighted by atomic mass is 32.1. The van der Waals surface area contributed by atoms with E-state index in [1.165, 1.54) is 6.07 Å². The maximum Gasteiger partial charge on any atom is 0.417 e. The summed E-state index contributed by atoms with van der Waals surface area (Å²) in [6.07, 6.45) is -0.885. The molecular formula is C43H48F3N9O5S. The molecule has 18 heteroatoms. The number of piperazine rings is 1. The summed E-state index contributed by atoms with van der Waals surface area (Å²) >= 11 is 5.82. The Kier molecular flexibility index (Phi) is 12.4. The normalized spacial score (nSPS) is 22.0. The lowest BCUT2D eigenvalue weighted by Gasteiger charge is -2.44. The lowest BCUT2D eigenvalue weighted by Crippen LogP contribution is -2.58. The van der Waals surface area contributed by atoms with Crippen molar-refractivity contribution < 1.29 is 37.1 Å². The fraction of sp³-hybridized carbons (Fsp3) is 0.465. The van der Waals surface area contributed by atoms with Gasteiger partial charge >= 0.3 is 6.18 Å². The molecule has 1 saturated carbocycles. The fourth-order valence-electron chi connectivity index (χ4n) is 8.64. The van der Waals surface area contributed by atoms with Gasteiger partial charge in [0.25, 0.3) is 5.91 Å². The van der Waals surface area contributed by atoms with Crippen LogP contribution in [0.4, 0.5) is 35.9 Å². The van der Waals surface area contributed by atoms with Gasteiger partial charge < -0.3 is 20.3 Å². The number of nitrogens with zero attached hydrogens (tertiary/aromatic N) is 6. The summed E-state index contributed by atoms with van der Waals surface area (Å²) in [4.78, 5) is 62.9. The monoisotopic (exact) mass is 859 g/mol. The van der Waals surface area contributed by atoms with Crippen LogP contribution in [0, 0.1) is 11.3 Å². The molecule has 0 bridgehead atoms. The van der Waals surface area contributed by atoms with Gasteiger partial charge in [-0.15, -0.1) is 0 Å². The Labute approximate surface area is 357 Å². The number of benzene rings is 2. The Balaban J connectivity index is 0.957. The molecule has 3 aromatic rings. The highest BCUT2D eigenvalue weighted by Gasteiger charge is 2.60. The molecule has 3 atom stereocenters. The van der Waals surface area contributed by atoms with Gasteiger partial charge in [-0.1, -0.05) is 19.9 Å². The minimum absolute atomic E-state index is 0.0329. The van der Waals surface area contributed by atoms with E-state index in [0.717, 1.165) is 29.0 Å². The number of ether oxygens (including phenoxy) is 1. The van der Waals surface area contributed by atoms with E-state index in [-0.39, 0.29) is 59.5 Å². The van der Waals surface area contributed by atoms with Gasteiger partial charge in [0.1, 0.15) is 18.2 Å². The van der Waals surface area contributed by atoms with Crippen LogP contribution in [0.1, 0.15) is 82.4 Å². The topological polar surface area (TPSA) is 163 Å². The number of carbonyl (C=O) groups is 4. The van der Waals surface area contributed by atoms with Crippen molar-refractivity contribution in [2.45, 2.75) is 95.6 Å². The van der Waals surface area contributed by atoms with E-state index in [1.54, 1.807) is 41.4 Å². The Morgan fingerprint density at radius 1 is 1.07 bits per heavy atom. The number of piperidine rings is 1. The number of alkyl halides is 3. The molecule has 0 radical (unpaired) electrons. The van der Waals surface area contributed by atoms with Crippen LogP contribution in [-0.2, 0) is 25.4 Å². The molecule has 7 rings (SSSR count). The highest BCUT2D eigenvalue weighted by Crippen LogP contribution is 2.49. The van der Waals surface area contributed by atoms with Gasteiger partial charge in [-0.25, -0.2) is 4.98 Å². The van der Waals surface area contributed by atoms with Crippen LogP contribution >= 0.6 is 12.2 Å². The smallest absolute Gasteiger partial charge is 0.417 e. The van der Waals surface area contributed by atoms with E-state index in [9.17, 15) is 37.6 Å². The molecule has 3 aliphatic heterocycles. The number of amides is 4. The van der Waals surface area contributed by atoms with Crippen molar-refractivity contribution in [3.8, 4) is 11.9 Å². The Morgan fingerprint density at radius 2 is 1.79 bits per heavy atom. The fourth-order valence-corrected chi connectivity index (χ4v) is 9.11. The van der Waals surface area contributed by atoms with Crippen molar-refractivity contribution in [3.63, 3.8) is 0 Å². The first kappa shape index (κ1) is 43.4. The van der Waals surface area contributed by atoms with Crippen LogP contribution in [0.25, 0.3) is 0 Å². The largest absolute Gasteiger partial charge is 0.476 e. The SMILES string of the molecule is CC(C)c1cc(N2C(=S)N(c3ccc(C#N)c(C(F)(F)F)c3)C(=O)C23CCC3)cnc1OCCN1C[C@@H](C)N(CC(=O)Nc2cccc(NC3CCC(=O)NC3=O)c2)[C@@H](C)C1. The zero-order chi connectivity index (χ0) is 43.8. The second kappa shape index (κ2) is 17.4. The molecular weight excluding hydrogens is 812 g/mol. The molecule has 4 fully saturated rings. The number of anilines is 4. The summed E-state index contributed by atoms with van der Waals surface area (Å²) in [5, 5.41) is 17.8. The molecule has 1 spiro atoms. The average Bonchev–Trinajstić information content (AvgIpc) is 3.43. The van der Waals surface area contributed by atoms with E-state index >= 15 is 0 Å². The predicted octanol–water partition coefficient (Wildman–Crippen LogP) is 5.79. The first-order valence-corrected chi connectivity index (χ1v) is 20.8. The summed E-state index contributed by atoms with van der Waals surface area (Å²) in [7, 11) is 0. The lowest BCUT2D eigenvalue weighted by atomic mass is 9.75. The number of rotatable bonds is 12. The van der Waals surface area contributed by atoms with Gasteiger partial charge in [0.05, 0.1) is 41.3 Å². The molecule has 1 aromatic heterocycles. The molecule has 1 unspecified atom stereocenters. The number of pyridine rings is 1. The standard InChI is InChI=1S/C43H48F3N9O5S/c1-25(2)33-18-32(55-41(61)54(40(59)42(55)13-6-14-42)31-10-9-28(20-47)34(19-31)43(44,45)46)21-48-39(33)60-16-15-52-22-26(3)53(27(4)23-52)24-37(57)50-30-8-5-7-29(17-30)49-35-11-12-36(56)51-38(35)58/h5,7-10,17-19,21,25-27,35,49H,6,11-16,22-24H2,1-4H3,(H,50,57)(H,51,56,58)/t26-,27+,35?. The number of imide groups is 1. The van der Waals surface area contributed by atoms with Gasteiger partial charge in [0, 0.05) is 55.1 Å². The number of halogens is 3. The van der Waals surface area contributed by atoms with Crippen molar-refractivity contribution in [2.24, 2.45) is 0 Å². The van der Waals surface area contributed by atoms with Gasteiger partial charge in [0.2, 0.25) is 23.6 Å². The number of aromatic nitrogens is 1. The summed E-state index contributed by atoms with van der Waals surface area (Å²) in [6, 6.07) is 13.4. The quantitative estimate of drug-likeness (QED) is 0.149. The summed E-state index contributed by atoms with van der Waals surface area (Å²) in [5.74, 6) is -0.831. The summed E-state index contributed by atoms with van der Waals surface area (Å²) < 4.78 is 48.0. The summed E-state index contributed by atoms with van der Waals surface area (Å²) in [5.41, 5.74) is -0.205. The number of nitrogens with one attached hydrogen (secondary N) is 3. The van der Waals surface area contributed by atoms with E-state index in [0.29, 0.717) is 68.4 Å². The highest BCUT2D eigenvalue weighted by molar-refractivity contribution is 7.81. The van der Waals surface area contributed by atoms with Gasteiger partial charge in [-0.2, -0.15) is 18.4 Å². The maximum absolute atomic E-state index is 14.0.